The molecule has 0 aliphatic rings. The van der Waals surface area contributed by atoms with Gasteiger partial charge in [0.25, 0.3) is 0 Å². The van der Waals surface area contributed by atoms with E-state index in [1.807, 2.05) is 13.2 Å². The molecule has 3 N–H and O–H groups in total. The lowest BCUT2D eigenvalue weighted by Gasteiger charge is -2.15. The quantitative estimate of drug-likeness (QED) is 0.701. The molecule has 0 heterocycles. The van der Waals surface area contributed by atoms with Gasteiger partial charge in [-0.25, -0.2) is 13.1 Å². The zero-order valence-corrected chi connectivity index (χ0v) is 14.3. The van der Waals surface area contributed by atoms with Crippen molar-refractivity contribution >= 4 is 27.5 Å². The van der Waals surface area contributed by atoms with Crippen molar-refractivity contribution in [3.05, 3.63) is 12.1 Å². The fourth-order valence-corrected chi connectivity index (χ4v) is 3.81. The lowest BCUT2D eigenvalue weighted by molar-refractivity contribution is 0.387. The van der Waals surface area contributed by atoms with Crippen LogP contribution >= 0.6 is 11.8 Å². The van der Waals surface area contributed by atoms with Crippen LogP contribution in [0.15, 0.2) is 17.0 Å². The van der Waals surface area contributed by atoms with Crippen LogP contribution in [0, 0.1) is 5.92 Å². The highest BCUT2D eigenvalue weighted by Gasteiger charge is 2.22. The van der Waals surface area contributed by atoms with Crippen LogP contribution in [0.4, 0.5) is 5.69 Å². The standard InChI is InChI=1S/C13H22N2O4S2/c1-9(8-20-4)7-15-21(16,17)13-5-10(14)11(18-2)6-12(13)19-3/h5-6,9,15H,7-8,14H2,1-4H3. The minimum Gasteiger partial charge on any atom is -0.495 e. The van der Waals surface area contributed by atoms with Crippen molar-refractivity contribution in [1.82, 2.24) is 4.72 Å². The van der Waals surface area contributed by atoms with Crippen molar-refractivity contribution in [2.75, 3.05) is 38.5 Å². The minimum absolute atomic E-state index is 0.0136. The van der Waals surface area contributed by atoms with E-state index in [0.717, 1.165) is 5.75 Å². The third kappa shape index (κ3) is 4.69. The van der Waals surface area contributed by atoms with E-state index in [0.29, 0.717) is 12.3 Å². The van der Waals surface area contributed by atoms with Crippen molar-refractivity contribution in [2.45, 2.75) is 11.8 Å². The Bertz CT molecular complexity index is 576. The van der Waals surface area contributed by atoms with Crippen LogP contribution in [0.5, 0.6) is 11.5 Å². The third-order valence-electron chi connectivity index (χ3n) is 2.88. The van der Waals surface area contributed by atoms with Crippen LogP contribution < -0.4 is 19.9 Å². The van der Waals surface area contributed by atoms with E-state index in [1.165, 1.54) is 26.4 Å². The highest BCUT2D eigenvalue weighted by atomic mass is 32.2. The van der Waals surface area contributed by atoms with Gasteiger partial charge in [0.2, 0.25) is 10.0 Å². The van der Waals surface area contributed by atoms with Crippen LogP contribution in [-0.2, 0) is 10.0 Å². The van der Waals surface area contributed by atoms with E-state index in [9.17, 15) is 8.42 Å². The molecule has 0 fully saturated rings. The highest BCUT2D eigenvalue weighted by Crippen LogP contribution is 2.33. The Balaban J connectivity index is 3.05. The lowest BCUT2D eigenvalue weighted by atomic mass is 10.2. The maximum atomic E-state index is 12.4. The Morgan fingerprint density at radius 2 is 1.90 bits per heavy atom. The van der Waals surface area contributed by atoms with Gasteiger partial charge in [-0.2, -0.15) is 11.8 Å². The maximum Gasteiger partial charge on any atom is 0.244 e. The SMILES string of the molecule is COc1cc(OC)c(S(=O)(=O)NCC(C)CSC)cc1N. The minimum atomic E-state index is -3.68. The lowest BCUT2D eigenvalue weighted by Crippen LogP contribution is -2.29. The average Bonchev–Trinajstić information content (AvgIpc) is 2.45. The second-order valence-corrected chi connectivity index (χ2v) is 7.30. The summed E-state index contributed by atoms with van der Waals surface area (Å²) in [6.45, 7) is 2.34. The fraction of sp³-hybridized carbons (Fsp3) is 0.538. The first-order valence-electron chi connectivity index (χ1n) is 6.35. The molecule has 1 unspecified atom stereocenters. The number of hydrogen-bond donors (Lipinski definition) is 2. The number of ether oxygens (including phenoxy) is 2. The molecule has 120 valence electrons. The van der Waals surface area contributed by atoms with E-state index < -0.39 is 10.0 Å². The summed E-state index contributed by atoms with van der Waals surface area (Å²) in [4.78, 5) is 0.0136. The smallest absolute Gasteiger partial charge is 0.244 e. The van der Waals surface area contributed by atoms with Crippen LogP contribution in [0.2, 0.25) is 0 Å². The van der Waals surface area contributed by atoms with E-state index in [1.54, 1.807) is 11.8 Å². The van der Waals surface area contributed by atoms with E-state index in [-0.39, 0.29) is 22.3 Å². The molecular formula is C13H22N2O4S2. The first-order chi connectivity index (χ1) is 9.85. The molecule has 1 atom stereocenters. The number of methoxy groups -OCH3 is 2. The summed E-state index contributed by atoms with van der Waals surface area (Å²) < 4.78 is 37.5. The van der Waals surface area contributed by atoms with Crippen molar-refractivity contribution in [3.8, 4) is 11.5 Å². The molecule has 1 aromatic rings. The second-order valence-electron chi connectivity index (χ2n) is 4.66. The van der Waals surface area contributed by atoms with Gasteiger partial charge in [-0.1, -0.05) is 6.92 Å². The molecule has 0 saturated carbocycles. The van der Waals surface area contributed by atoms with E-state index in [4.69, 9.17) is 15.2 Å². The first kappa shape index (κ1) is 17.9. The van der Waals surface area contributed by atoms with Gasteiger partial charge in [-0.3, -0.25) is 0 Å². The third-order valence-corrected chi connectivity index (χ3v) is 5.23. The number of anilines is 1. The monoisotopic (exact) mass is 334 g/mol. The fourth-order valence-electron chi connectivity index (χ4n) is 1.78. The maximum absolute atomic E-state index is 12.4. The van der Waals surface area contributed by atoms with E-state index >= 15 is 0 Å². The molecule has 8 heteroatoms. The second kappa shape index (κ2) is 7.77. The number of rotatable bonds is 8. The van der Waals surface area contributed by atoms with Crippen molar-refractivity contribution in [3.63, 3.8) is 0 Å². The van der Waals surface area contributed by atoms with Crippen LogP contribution in [-0.4, -0.2) is 41.2 Å². The molecule has 0 aliphatic heterocycles. The number of benzene rings is 1. The molecule has 1 rings (SSSR count). The Morgan fingerprint density at radius 1 is 1.29 bits per heavy atom. The van der Waals surface area contributed by atoms with Gasteiger partial charge in [0.05, 0.1) is 19.9 Å². The van der Waals surface area contributed by atoms with Gasteiger partial charge < -0.3 is 15.2 Å². The van der Waals surface area contributed by atoms with Gasteiger partial charge in [0.1, 0.15) is 16.4 Å². The average molecular weight is 334 g/mol. The van der Waals surface area contributed by atoms with Crippen molar-refractivity contribution in [2.24, 2.45) is 5.92 Å². The van der Waals surface area contributed by atoms with Crippen molar-refractivity contribution in [1.29, 1.82) is 0 Å². The molecule has 0 radical (unpaired) electrons. The van der Waals surface area contributed by atoms with Gasteiger partial charge in [0, 0.05) is 12.6 Å². The van der Waals surface area contributed by atoms with Crippen LogP contribution in [0.1, 0.15) is 6.92 Å². The Kier molecular flexibility index (Phi) is 6.63. The zero-order chi connectivity index (χ0) is 16.0. The molecule has 0 bridgehead atoms. The summed E-state index contributed by atoms with van der Waals surface area (Å²) in [5.74, 6) is 1.69. The number of nitrogens with one attached hydrogen (secondary N) is 1. The summed E-state index contributed by atoms with van der Waals surface area (Å²) in [7, 11) is -0.821. The molecule has 0 aliphatic carbocycles. The first-order valence-corrected chi connectivity index (χ1v) is 9.23. The molecule has 0 aromatic heterocycles. The molecule has 0 saturated heterocycles. The predicted octanol–water partition coefficient (Wildman–Crippen LogP) is 1.56. The Morgan fingerprint density at radius 3 is 2.43 bits per heavy atom. The normalized spacial score (nSPS) is 13.0. The molecular weight excluding hydrogens is 312 g/mol. The van der Waals surface area contributed by atoms with Gasteiger partial charge in [-0.05, 0) is 24.0 Å². The van der Waals surface area contributed by atoms with Crippen LogP contribution in [0.25, 0.3) is 0 Å². The molecule has 0 spiro atoms. The molecule has 0 amide bonds. The summed E-state index contributed by atoms with van der Waals surface area (Å²) in [5.41, 5.74) is 6.03. The summed E-state index contributed by atoms with van der Waals surface area (Å²) in [6.07, 6.45) is 1.98. The zero-order valence-electron chi connectivity index (χ0n) is 12.7. The number of nitrogen functional groups attached to an aromatic ring is 1. The van der Waals surface area contributed by atoms with Crippen molar-refractivity contribution < 1.29 is 17.9 Å². The largest absolute Gasteiger partial charge is 0.495 e. The highest BCUT2D eigenvalue weighted by molar-refractivity contribution is 7.98. The summed E-state index contributed by atoms with van der Waals surface area (Å²) in [6, 6.07) is 2.81. The van der Waals surface area contributed by atoms with Gasteiger partial charge in [-0.15, -0.1) is 0 Å². The van der Waals surface area contributed by atoms with E-state index in [2.05, 4.69) is 4.72 Å². The topological polar surface area (TPSA) is 90.6 Å². The Labute approximate surface area is 130 Å². The number of hydrogen-bond acceptors (Lipinski definition) is 6. The van der Waals surface area contributed by atoms with Gasteiger partial charge in [0.15, 0.2) is 0 Å². The summed E-state index contributed by atoms with van der Waals surface area (Å²) in [5, 5.41) is 0. The number of sulfonamides is 1. The van der Waals surface area contributed by atoms with Gasteiger partial charge >= 0.3 is 0 Å². The Hall–Kier alpha value is -1.12. The molecule has 21 heavy (non-hydrogen) atoms. The predicted molar refractivity (Wildman–Crippen MR) is 86.7 cm³/mol. The van der Waals surface area contributed by atoms with Crippen LogP contribution in [0.3, 0.4) is 0 Å². The number of nitrogens with two attached hydrogens (primary N) is 1. The number of thioether (sulfide) groups is 1. The summed E-state index contributed by atoms with van der Waals surface area (Å²) >= 11 is 1.68. The molecule has 1 aromatic carbocycles. The molecule has 6 nitrogen and oxygen atoms in total.